The van der Waals surface area contributed by atoms with E-state index in [0.29, 0.717) is 5.56 Å². The van der Waals surface area contributed by atoms with E-state index in [4.69, 9.17) is 5.73 Å². The minimum absolute atomic E-state index is 0.440. The number of nitrogens with zero attached hydrogens (tertiary/aromatic N) is 3. The van der Waals surface area contributed by atoms with Gasteiger partial charge < -0.3 is 16.0 Å². The Kier molecular flexibility index (Phi) is 5.98. The molecule has 0 saturated heterocycles. The highest BCUT2D eigenvalue weighted by atomic mass is 16.1. The Bertz CT molecular complexity index is 920. The Morgan fingerprint density at radius 1 is 1.00 bits per heavy atom. The van der Waals surface area contributed by atoms with Crippen molar-refractivity contribution in [2.75, 3.05) is 31.5 Å². The first-order valence-corrected chi connectivity index (χ1v) is 9.26. The van der Waals surface area contributed by atoms with Gasteiger partial charge in [-0.1, -0.05) is 50.2 Å². The molecule has 0 aliphatic heterocycles. The van der Waals surface area contributed by atoms with Gasteiger partial charge in [0.1, 0.15) is 5.69 Å². The highest BCUT2D eigenvalue weighted by molar-refractivity contribution is 6.00. The minimum atomic E-state index is -0.440. The number of primary amides is 1. The van der Waals surface area contributed by atoms with Crippen LogP contribution in [0.25, 0.3) is 22.0 Å². The number of anilines is 1. The third kappa shape index (κ3) is 4.23. The topological polar surface area (TPSA) is 84.1 Å². The lowest BCUT2D eigenvalue weighted by Gasteiger charge is -2.18. The molecule has 140 valence electrons. The maximum Gasteiger partial charge on any atom is 0.248 e. The smallest absolute Gasteiger partial charge is 0.248 e. The summed E-state index contributed by atoms with van der Waals surface area (Å²) in [7, 11) is 0. The number of likely N-dealkylation sites (N-methyl/N-ethyl adjacent to an activating group) is 1. The molecule has 3 aromatic rings. The number of fused-ring (bicyclic) bond motifs is 1. The summed E-state index contributed by atoms with van der Waals surface area (Å²) in [5, 5.41) is 14.3. The van der Waals surface area contributed by atoms with Crippen molar-refractivity contribution in [1.82, 2.24) is 15.1 Å². The van der Waals surface area contributed by atoms with E-state index in [9.17, 15) is 4.79 Å². The van der Waals surface area contributed by atoms with Gasteiger partial charge in [-0.25, -0.2) is 0 Å². The summed E-state index contributed by atoms with van der Waals surface area (Å²) >= 11 is 0. The van der Waals surface area contributed by atoms with E-state index >= 15 is 0 Å². The number of carbonyl (C=O) groups excluding carboxylic acids is 1. The van der Waals surface area contributed by atoms with Crippen molar-refractivity contribution in [3.05, 3.63) is 54.1 Å². The van der Waals surface area contributed by atoms with Crippen LogP contribution in [0.4, 0.5) is 5.82 Å². The van der Waals surface area contributed by atoms with Crippen LogP contribution in [0.2, 0.25) is 0 Å². The second-order valence-electron chi connectivity index (χ2n) is 6.34. The number of nitrogens with one attached hydrogen (secondary N) is 1. The van der Waals surface area contributed by atoms with Gasteiger partial charge in [0, 0.05) is 35.0 Å². The summed E-state index contributed by atoms with van der Waals surface area (Å²) in [4.78, 5) is 13.6. The largest absolute Gasteiger partial charge is 0.367 e. The van der Waals surface area contributed by atoms with Gasteiger partial charge in [-0.15, -0.1) is 10.2 Å². The molecule has 0 bridgehead atoms. The van der Waals surface area contributed by atoms with E-state index in [1.165, 1.54) is 0 Å². The predicted octanol–water partition coefficient (Wildman–Crippen LogP) is 3.15. The predicted molar refractivity (Wildman–Crippen MR) is 110 cm³/mol. The summed E-state index contributed by atoms with van der Waals surface area (Å²) in [6, 6.07) is 15.2. The number of aromatic nitrogens is 2. The molecule has 0 saturated carbocycles. The number of carbonyl (C=O) groups is 1. The van der Waals surface area contributed by atoms with E-state index in [1.807, 2.05) is 36.4 Å². The zero-order valence-corrected chi connectivity index (χ0v) is 15.8. The van der Waals surface area contributed by atoms with Gasteiger partial charge in [-0.2, -0.15) is 0 Å². The van der Waals surface area contributed by atoms with Gasteiger partial charge in [0.05, 0.1) is 0 Å². The number of hydrogen-bond donors (Lipinski definition) is 2. The SMILES string of the molecule is CCN(CC)CCNc1nnc(-c2ccc(C(N)=O)cc2)c2ccccc12. The number of amides is 1. The summed E-state index contributed by atoms with van der Waals surface area (Å²) in [6.45, 7) is 8.16. The summed E-state index contributed by atoms with van der Waals surface area (Å²) in [5.74, 6) is 0.348. The maximum atomic E-state index is 11.3. The van der Waals surface area contributed by atoms with Crippen molar-refractivity contribution >= 4 is 22.5 Å². The number of benzene rings is 2. The van der Waals surface area contributed by atoms with Gasteiger partial charge in [-0.05, 0) is 25.2 Å². The molecule has 1 amide bonds. The first-order chi connectivity index (χ1) is 13.1. The number of hydrogen-bond acceptors (Lipinski definition) is 5. The second kappa shape index (κ2) is 8.60. The van der Waals surface area contributed by atoms with E-state index in [2.05, 4.69) is 34.3 Å². The zero-order chi connectivity index (χ0) is 19.2. The van der Waals surface area contributed by atoms with Crippen LogP contribution in [0, 0.1) is 0 Å². The molecule has 6 heteroatoms. The van der Waals surface area contributed by atoms with Crippen molar-refractivity contribution in [2.24, 2.45) is 5.73 Å². The molecule has 1 aromatic heterocycles. The minimum Gasteiger partial charge on any atom is -0.367 e. The fourth-order valence-corrected chi connectivity index (χ4v) is 3.11. The van der Waals surface area contributed by atoms with Crippen molar-refractivity contribution in [1.29, 1.82) is 0 Å². The molecule has 6 nitrogen and oxygen atoms in total. The summed E-state index contributed by atoms with van der Waals surface area (Å²) in [5.41, 5.74) is 7.49. The quantitative estimate of drug-likeness (QED) is 0.642. The molecule has 0 aliphatic rings. The standard InChI is InChI=1S/C21H25N5O/c1-3-26(4-2)14-13-23-21-18-8-6-5-7-17(18)19(24-25-21)15-9-11-16(12-10-15)20(22)27/h5-12H,3-4,13-14H2,1-2H3,(H2,22,27)(H,23,25). The fraction of sp³-hybridized carbons (Fsp3) is 0.286. The molecule has 0 spiro atoms. The fourth-order valence-electron chi connectivity index (χ4n) is 3.11. The molecule has 2 aromatic carbocycles. The highest BCUT2D eigenvalue weighted by Gasteiger charge is 2.11. The number of nitrogens with two attached hydrogens (primary N) is 1. The van der Waals surface area contributed by atoms with E-state index in [0.717, 1.165) is 54.0 Å². The normalized spacial score (nSPS) is 11.1. The van der Waals surface area contributed by atoms with Crippen LogP contribution in [-0.2, 0) is 0 Å². The Morgan fingerprint density at radius 3 is 2.30 bits per heavy atom. The maximum absolute atomic E-state index is 11.3. The molecule has 0 aliphatic carbocycles. The van der Waals surface area contributed by atoms with Crippen molar-refractivity contribution in [3.63, 3.8) is 0 Å². The molecule has 0 fully saturated rings. The van der Waals surface area contributed by atoms with E-state index in [-0.39, 0.29) is 0 Å². The monoisotopic (exact) mass is 363 g/mol. The van der Waals surface area contributed by atoms with Crippen molar-refractivity contribution < 1.29 is 4.79 Å². The lowest BCUT2D eigenvalue weighted by Crippen LogP contribution is -2.28. The molecule has 3 rings (SSSR count). The lowest BCUT2D eigenvalue weighted by molar-refractivity contribution is 0.100. The van der Waals surface area contributed by atoms with Gasteiger partial charge >= 0.3 is 0 Å². The molecule has 0 atom stereocenters. The Hall–Kier alpha value is -2.99. The Labute approximate surface area is 159 Å². The van der Waals surface area contributed by atoms with Crippen LogP contribution >= 0.6 is 0 Å². The third-order valence-corrected chi connectivity index (χ3v) is 4.75. The van der Waals surface area contributed by atoms with Crippen molar-refractivity contribution in [2.45, 2.75) is 13.8 Å². The van der Waals surface area contributed by atoms with Gasteiger partial charge in [0.2, 0.25) is 5.91 Å². The average molecular weight is 363 g/mol. The first kappa shape index (κ1) is 18.8. The van der Waals surface area contributed by atoms with Crippen LogP contribution in [0.3, 0.4) is 0 Å². The van der Waals surface area contributed by atoms with Crippen LogP contribution < -0.4 is 11.1 Å². The van der Waals surface area contributed by atoms with Gasteiger partial charge in [-0.3, -0.25) is 4.79 Å². The average Bonchev–Trinajstić information content (AvgIpc) is 2.71. The molecule has 0 unspecified atom stereocenters. The first-order valence-electron chi connectivity index (χ1n) is 9.26. The Morgan fingerprint density at radius 2 is 1.67 bits per heavy atom. The second-order valence-corrected chi connectivity index (χ2v) is 6.34. The van der Waals surface area contributed by atoms with Crippen LogP contribution in [-0.4, -0.2) is 47.2 Å². The van der Waals surface area contributed by atoms with Gasteiger partial charge in [0.15, 0.2) is 5.82 Å². The van der Waals surface area contributed by atoms with Crippen molar-refractivity contribution in [3.8, 4) is 11.3 Å². The van der Waals surface area contributed by atoms with Crippen LogP contribution in [0.1, 0.15) is 24.2 Å². The third-order valence-electron chi connectivity index (χ3n) is 4.75. The molecule has 3 N–H and O–H groups in total. The molecular weight excluding hydrogens is 338 g/mol. The molecule has 0 radical (unpaired) electrons. The summed E-state index contributed by atoms with van der Waals surface area (Å²) in [6.07, 6.45) is 0. The highest BCUT2D eigenvalue weighted by Crippen LogP contribution is 2.29. The summed E-state index contributed by atoms with van der Waals surface area (Å²) < 4.78 is 0. The molecule has 27 heavy (non-hydrogen) atoms. The van der Waals surface area contributed by atoms with E-state index < -0.39 is 5.91 Å². The molecule has 1 heterocycles. The van der Waals surface area contributed by atoms with Crippen LogP contribution in [0.15, 0.2) is 48.5 Å². The van der Waals surface area contributed by atoms with Gasteiger partial charge in [0.25, 0.3) is 0 Å². The Balaban J connectivity index is 1.90. The lowest BCUT2D eigenvalue weighted by atomic mass is 10.0. The number of rotatable bonds is 8. The van der Waals surface area contributed by atoms with E-state index in [1.54, 1.807) is 12.1 Å². The molecular formula is C21H25N5O. The zero-order valence-electron chi connectivity index (χ0n) is 15.8. The van der Waals surface area contributed by atoms with Crippen LogP contribution in [0.5, 0.6) is 0 Å².